The molecular formula is C23H33NO4. The van der Waals surface area contributed by atoms with Gasteiger partial charge in [-0.05, 0) is 41.8 Å². The van der Waals surface area contributed by atoms with E-state index in [0.29, 0.717) is 24.6 Å². The Morgan fingerprint density at radius 1 is 0.964 bits per heavy atom. The molecule has 2 rings (SSSR count). The van der Waals surface area contributed by atoms with Gasteiger partial charge in [0, 0.05) is 13.1 Å². The van der Waals surface area contributed by atoms with Gasteiger partial charge in [0.2, 0.25) is 0 Å². The number of benzene rings is 2. The van der Waals surface area contributed by atoms with E-state index in [1.807, 2.05) is 43.4 Å². The van der Waals surface area contributed by atoms with E-state index in [1.165, 1.54) is 0 Å². The summed E-state index contributed by atoms with van der Waals surface area (Å²) in [7, 11) is 5.22. The highest BCUT2D eigenvalue weighted by Crippen LogP contribution is 2.31. The maximum atomic E-state index is 10.4. The number of hydrogen-bond donors (Lipinski definition) is 1. The predicted molar refractivity (Wildman–Crippen MR) is 113 cm³/mol. The number of aliphatic hydroxyl groups is 1. The molecule has 0 heterocycles. The molecule has 0 bridgehead atoms. The molecule has 2 aromatic rings. The Bertz CT molecular complexity index is 755. The van der Waals surface area contributed by atoms with Crippen molar-refractivity contribution in [2.45, 2.75) is 38.8 Å². The summed E-state index contributed by atoms with van der Waals surface area (Å²) in [6.07, 6.45) is -0.585. The summed E-state index contributed by atoms with van der Waals surface area (Å²) in [5, 5.41) is 10.4. The van der Waals surface area contributed by atoms with Gasteiger partial charge in [0.1, 0.15) is 18.5 Å². The van der Waals surface area contributed by atoms with Crippen LogP contribution in [0.2, 0.25) is 0 Å². The van der Waals surface area contributed by atoms with Crippen LogP contribution in [-0.2, 0) is 12.0 Å². The van der Waals surface area contributed by atoms with Crippen LogP contribution >= 0.6 is 0 Å². The monoisotopic (exact) mass is 387 g/mol. The van der Waals surface area contributed by atoms with E-state index in [1.54, 1.807) is 14.2 Å². The lowest BCUT2D eigenvalue weighted by Gasteiger charge is -2.25. The van der Waals surface area contributed by atoms with Gasteiger partial charge in [-0.3, -0.25) is 4.90 Å². The molecular weight excluding hydrogens is 354 g/mol. The molecule has 1 N–H and O–H groups in total. The quantitative estimate of drug-likeness (QED) is 0.708. The largest absolute Gasteiger partial charge is 0.493 e. The van der Waals surface area contributed by atoms with E-state index in [2.05, 4.69) is 31.7 Å². The number of ether oxygens (including phenoxy) is 3. The number of methoxy groups -OCH3 is 2. The van der Waals surface area contributed by atoms with E-state index in [4.69, 9.17) is 14.2 Å². The molecule has 154 valence electrons. The zero-order valence-electron chi connectivity index (χ0n) is 17.9. The van der Waals surface area contributed by atoms with Crippen LogP contribution in [-0.4, -0.2) is 50.5 Å². The Balaban J connectivity index is 1.91. The summed E-state index contributed by atoms with van der Waals surface area (Å²) in [6.45, 7) is 7.92. The Hall–Kier alpha value is -2.24. The summed E-state index contributed by atoms with van der Waals surface area (Å²) >= 11 is 0. The molecule has 0 aliphatic heterocycles. The summed E-state index contributed by atoms with van der Waals surface area (Å²) in [5.74, 6) is 2.24. The van der Waals surface area contributed by atoms with Gasteiger partial charge >= 0.3 is 0 Å². The third-order valence-corrected chi connectivity index (χ3v) is 4.55. The standard InChI is InChI=1S/C23H33NO4/c1-23(2,3)19-9-7-8-10-20(19)28-16-18(25)15-24(4)14-17-11-12-21(26-5)22(13-17)27-6/h7-13,18,25H,14-16H2,1-6H3. The van der Waals surface area contributed by atoms with Crippen LogP contribution in [0.3, 0.4) is 0 Å². The van der Waals surface area contributed by atoms with Gasteiger partial charge in [-0.15, -0.1) is 0 Å². The van der Waals surface area contributed by atoms with Gasteiger partial charge in [-0.1, -0.05) is 45.0 Å². The second kappa shape index (κ2) is 9.80. The van der Waals surface area contributed by atoms with Crippen LogP contribution in [0.25, 0.3) is 0 Å². The lowest BCUT2D eigenvalue weighted by Crippen LogP contribution is -2.33. The normalized spacial score (nSPS) is 12.7. The fraction of sp³-hybridized carbons (Fsp3) is 0.478. The lowest BCUT2D eigenvalue weighted by molar-refractivity contribution is 0.0736. The van der Waals surface area contributed by atoms with Crippen molar-refractivity contribution in [2.75, 3.05) is 34.4 Å². The van der Waals surface area contributed by atoms with E-state index >= 15 is 0 Å². The van der Waals surface area contributed by atoms with Crippen molar-refractivity contribution in [2.24, 2.45) is 0 Å². The van der Waals surface area contributed by atoms with Gasteiger partial charge < -0.3 is 19.3 Å². The highest BCUT2D eigenvalue weighted by molar-refractivity contribution is 5.43. The van der Waals surface area contributed by atoms with Gasteiger partial charge in [-0.25, -0.2) is 0 Å². The zero-order chi connectivity index (χ0) is 20.7. The summed E-state index contributed by atoms with van der Waals surface area (Å²) in [6, 6.07) is 13.9. The third-order valence-electron chi connectivity index (χ3n) is 4.55. The number of likely N-dealkylation sites (N-methyl/N-ethyl adjacent to an activating group) is 1. The number of para-hydroxylation sites is 1. The van der Waals surface area contributed by atoms with Crippen LogP contribution in [0.4, 0.5) is 0 Å². The fourth-order valence-electron chi connectivity index (χ4n) is 3.17. The number of rotatable bonds is 9. The smallest absolute Gasteiger partial charge is 0.161 e. The lowest BCUT2D eigenvalue weighted by atomic mass is 9.86. The van der Waals surface area contributed by atoms with Crippen molar-refractivity contribution in [3.63, 3.8) is 0 Å². The molecule has 5 nitrogen and oxygen atoms in total. The van der Waals surface area contributed by atoms with Crippen molar-refractivity contribution in [3.05, 3.63) is 53.6 Å². The molecule has 0 aliphatic carbocycles. The molecule has 0 saturated heterocycles. The fourth-order valence-corrected chi connectivity index (χ4v) is 3.17. The van der Waals surface area contributed by atoms with Crippen LogP contribution in [0.15, 0.2) is 42.5 Å². The molecule has 0 fully saturated rings. The maximum Gasteiger partial charge on any atom is 0.161 e. The Morgan fingerprint density at radius 3 is 2.29 bits per heavy atom. The molecule has 0 spiro atoms. The summed E-state index contributed by atoms with van der Waals surface area (Å²) in [4.78, 5) is 2.06. The molecule has 28 heavy (non-hydrogen) atoms. The van der Waals surface area contributed by atoms with Gasteiger partial charge in [-0.2, -0.15) is 0 Å². The molecule has 0 aliphatic rings. The van der Waals surface area contributed by atoms with E-state index in [-0.39, 0.29) is 12.0 Å². The first-order valence-corrected chi connectivity index (χ1v) is 9.54. The molecule has 0 amide bonds. The van der Waals surface area contributed by atoms with E-state index < -0.39 is 6.10 Å². The second-order valence-corrected chi connectivity index (χ2v) is 8.10. The minimum Gasteiger partial charge on any atom is -0.493 e. The summed E-state index contributed by atoms with van der Waals surface area (Å²) < 4.78 is 16.6. The maximum absolute atomic E-state index is 10.4. The SMILES string of the molecule is COc1ccc(CN(C)CC(O)COc2ccccc2C(C)(C)C)cc1OC. The zero-order valence-corrected chi connectivity index (χ0v) is 17.9. The minimum absolute atomic E-state index is 0.00818. The molecule has 2 aromatic carbocycles. The van der Waals surface area contributed by atoms with Crippen LogP contribution in [0.1, 0.15) is 31.9 Å². The third kappa shape index (κ3) is 6.14. The van der Waals surface area contributed by atoms with Crippen molar-refractivity contribution in [1.29, 1.82) is 0 Å². The molecule has 0 saturated carbocycles. The van der Waals surface area contributed by atoms with Gasteiger partial charge in [0.15, 0.2) is 11.5 Å². The molecule has 0 radical (unpaired) electrons. The second-order valence-electron chi connectivity index (χ2n) is 8.10. The van der Waals surface area contributed by atoms with E-state index in [0.717, 1.165) is 16.9 Å². The number of hydrogen-bond acceptors (Lipinski definition) is 5. The van der Waals surface area contributed by atoms with Crippen molar-refractivity contribution >= 4 is 0 Å². The van der Waals surface area contributed by atoms with Gasteiger partial charge in [0.05, 0.1) is 14.2 Å². The van der Waals surface area contributed by atoms with Crippen molar-refractivity contribution < 1.29 is 19.3 Å². The van der Waals surface area contributed by atoms with Gasteiger partial charge in [0.25, 0.3) is 0 Å². The molecule has 1 atom stereocenters. The molecule has 0 aromatic heterocycles. The number of nitrogens with zero attached hydrogens (tertiary/aromatic N) is 1. The first-order chi connectivity index (χ1) is 13.2. The number of aliphatic hydroxyl groups excluding tert-OH is 1. The first kappa shape index (κ1) is 22.1. The molecule has 1 unspecified atom stereocenters. The first-order valence-electron chi connectivity index (χ1n) is 9.54. The predicted octanol–water partition coefficient (Wildman–Crippen LogP) is 3.87. The molecule has 5 heteroatoms. The van der Waals surface area contributed by atoms with Crippen LogP contribution in [0.5, 0.6) is 17.2 Å². The Labute approximate surface area is 168 Å². The Morgan fingerprint density at radius 2 is 1.64 bits per heavy atom. The topological polar surface area (TPSA) is 51.2 Å². The highest BCUT2D eigenvalue weighted by Gasteiger charge is 2.19. The van der Waals surface area contributed by atoms with Crippen LogP contribution in [0, 0.1) is 0 Å². The average Bonchev–Trinajstić information content (AvgIpc) is 2.65. The minimum atomic E-state index is -0.585. The summed E-state index contributed by atoms with van der Waals surface area (Å²) in [5.41, 5.74) is 2.22. The van der Waals surface area contributed by atoms with Crippen molar-refractivity contribution in [3.8, 4) is 17.2 Å². The van der Waals surface area contributed by atoms with Crippen LogP contribution < -0.4 is 14.2 Å². The average molecular weight is 388 g/mol. The van der Waals surface area contributed by atoms with Crippen molar-refractivity contribution in [1.82, 2.24) is 4.90 Å². The highest BCUT2D eigenvalue weighted by atomic mass is 16.5. The Kier molecular flexibility index (Phi) is 7.72. The van der Waals surface area contributed by atoms with E-state index in [9.17, 15) is 5.11 Å².